The first-order chi connectivity index (χ1) is 15.2. The van der Waals surface area contributed by atoms with Gasteiger partial charge in [-0.3, -0.25) is 9.59 Å². The highest BCUT2D eigenvalue weighted by Gasteiger charge is 2.81. The molecule has 7 heteroatoms. The Kier molecular flexibility index (Phi) is 5.31. The molecular weight excluding hydrogens is 412 g/mol. The summed E-state index contributed by atoms with van der Waals surface area (Å²) in [4.78, 5) is 26.7. The summed E-state index contributed by atoms with van der Waals surface area (Å²) in [6.07, 6.45) is -0.558. The lowest BCUT2D eigenvalue weighted by Crippen LogP contribution is -2.37. The summed E-state index contributed by atoms with van der Waals surface area (Å²) in [7, 11) is 4.46. The fourth-order valence-corrected chi connectivity index (χ4v) is 4.69. The van der Waals surface area contributed by atoms with Crippen LogP contribution in [0.25, 0.3) is 0 Å². The zero-order chi connectivity index (χ0) is 23.3. The van der Waals surface area contributed by atoms with Crippen LogP contribution < -0.4 is 14.2 Å². The van der Waals surface area contributed by atoms with E-state index in [1.165, 1.54) is 7.11 Å². The van der Waals surface area contributed by atoms with Crippen LogP contribution in [0.2, 0.25) is 0 Å². The fraction of sp³-hybridized carbons (Fsp3) is 0.440. The lowest BCUT2D eigenvalue weighted by atomic mass is 9.96. The molecule has 0 spiro atoms. The first-order valence-electron chi connectivity index (χ1n) is 10.5. The second-order valence-electron chi connectivity index (χ2n) is 9.08. The monoisotopic (exact) mass is 440 g/mol. The number of hydrogen-bond donors (Lipinski definition) is 0. The molecule has 1 aliphatic heterocycles. The number of carbonyl (C=O) groups excluding carboxylic acids is 2. The summed E-state index contributed by atoms with van der Waals surface area (Å²) in [6.45, 7) is 5.33. The van der Waals surface area contributed by atoms with E-state index in [2.05, 4.69) is 0 Å². The van der Waals surface area contributed by atoms with Gasteiger partial charge in [-0.15, -0.1) is 0 Å². The summed E-state index contributed by atoms with van der Waals surface area (Å²) in [5.74, 6) is -0.237. The largest absolute Gasteiger partial charge is 0.497 e. The molecular formula is C25H28O7. The molecule has 1 fully saturated rings. The van der Waals surface area contributed by atoms with Crippen molar-refractivity contribution in [1.82, 2.24) is 0 Å². The molecule has 0 bridgehead atoms. The Balaban J connectivity index is 1.86. The Morgan fingerprint density at radius 3 is 2.09 bits per heavy atom. The van der Waals surface area contributed by atoms with E-state index < -0.39 is 40.9 Å². The molecule has 32 heavy (non-hydrogen) atoms. The van der Waals surface area contributed by atoms with Gasteiger partial charge in [-0.05, 0) is 50.1 Å². The number of carbonyl (C=O) groups is 2. The minimum absolute atomic E-state index is 0.438. The highest BCUT2D eigenvalue weighted by molar-refractivity contribution is 6.06. The third-order valence-corrected chi connectivity index (χ3v) is 6.11. The Hall–Kier alpha value is -3.22. The van der Waals surface area contributed by atoms with E-state index in [9.17, 15) is 9.59 Å². The molecule has 4 rings (SSSR count). The van der Waals surface area contributed by atoms with Crippen LogP contribution in [0.5, 0.6) is 17.2 Å². The second-order valence-corrected chi connectivity index (χ2v) is 9.08. The lowest BCUT2D eigenvalue weighted by Gasteiger charge is -2.26. The van der Waals surface area contributed by atoms with Gasteiger partial charge in [0.25, 0.3) is 0 Å². The average Bonchev–Trinajstić information content (AvgIpc) is 3.48. The van der Waals surface area contributed by atoms with Gasteiger partial charge in [-0.1, -0.05) is 18.2 Å². The molecule has 0 aromatic heterocycles. The van der Waals surface area contributed by atoms with Gasteiger partial charge in [0.05, 0.1) is 21.3 Å². The van der Waals surface area contributed by atoms with Gasteiger partial charge in [0.2, 0.25) is 0 Å². The second kappa shape index (κ2) is 7.73. The molecule has 7 nitrogen and oxygen atoms in total. The average molecular weight is 440 g/mol. The molecule has 0 unspecified atom stereocenters. The molecule has 1 aliphatic carbocycles. The summed E-state index contributed by atoms with van der Waals surface area (Å²) >= 11 is 0. The standard InChI is InChI=1S/C25H28O7/c1-24(2,3)32-23(27)25(22(26)30-6)19-17-12-11-16(29-5)13-18(17)31-21(20(19)25)14-7-9-15(28-4)10-8-14/h7-13,19-21H,1-6H3/t19-,20-,21+,25+/m1/s1. The summed E-state index contributed by atoms with van der Waals surface area (Å²) in [5.41, 5.74) is -0.671. The maximum atomic E-state index is 13.5. The van der Waals surface area contributed by atoms with Crippen LogP contribution in [-0.2, 0) is 19.1 Å². The molecule has 2 aliphatic rings. The van der Waals surface area contributed by atoms with Gasteiger partial charge in [-0.25, -0.2) is 0 Å². The molecule has 170 valence electrons. The highest BCUT2D eigenvalue weighted by atomic mass is 16.6. The Morgan fingerprint density at radius 1 is 0.906 bits per heavy atom. The van der Waals surface area contributed by atoms with E-state index >= 15 is 0 Å². The van der Waals surface area contributed by atoms with E-state index in [0.29, 0.717) is 17.2 Å². The van der Waals surface area contributed by atoms with E-state index in [1.54, 1.807) is 47.1 Å². The van der Waals surface area contributed by atoms with Crippen LogP contribution >= 0.6 is 0 Å². The number of fused-ring (bicyclic) bond motifs is 3. The first kappa shape index (κ1) is 22.0. The smallest absolute Gasteiger partial charge is 0.325 e. The van der Waals surface area contributed by atoms with Crippen molar-refractivity contribution in [3.05, 3.63) is 53.6 Å². The topological polar surface area (TPSA) is 80.3 Å². The zero-order valence-electron chi connectivity index (χ0n) is 19.1. The predicted octanol–water partition coefficient (Wildman–Crippen LogP) is 4.05. The molecule has 4 atom stereocenters. The maximum Gasteiger partial charge on any atom is 0.325 e. The minimum Gasteiger partial charge on any atom is -0.497 e. The molecule has 2 aromatic rings. The number of esters is 2. The predicted molar refractivity (Wildman–Crippen MR) is 116 cm³/mol. The molecule has 0 N–H and O–H groups in total. The first-order valence-corrected chi connectivity index (χ1v) is 10.5. The van der Waals surface area contributed by atoms with Gasteiger partial charge in [-0.2, -0.15) is 0 Å². The lowest BCUT2D eigenvalue weighted by molar-refractivity contribution is -0.172. The number of hydrogen-bond acceptors (Lipinski definition) is 7. The Morgan fingerprint density at radius 2 is 1.53 bits per heavy atom. The van der Waals surface area contributed by atoms with E-state index in [0.717, 1.165) is 11.1 Å². The third-order valence-electron chi connectivity index (χ3n) is 6.11. The van der Waals surface area contributed by atoms with Crippen LogP contribution in [0.15, 0.2) is 42.5 Å². The minimum atomic E-state index is -1.49. The fourth-order valence-electron chi connectivity index (χ4n) is 4.69. The van der Waals surface area contributed by atoms with Crippen LogP contribution in [0.3, 0.4) is 0 Å². The van der Waals surface area contributed by atoms with Gasteiger partial charge in [0.15, 0.2) is 5.41 Å². The van der Waals surface area contributed by atoms with Crippen molar-refractivity contribution < 1.29 is 33.3 Å². The Labute approximate surface area is 187 Å². The third kappa shape index (κ3) is 3.36. The highest BCUT2D eigenvalue weighted by Crippen LogP contribution is 2.74. The molecule has 1 heterocycles. The summed E-state index contributed by atoms with van der Waals surface area (Å²) < 4.78 is 27.9. The number of methoxy groups -OCH3 is 3. The van der Waals surface area contributed by atoms with E-state index in [-0.39, 0.29) is 0 Å². The summed E-state index contributed by atoms with van der Waals surface area (Å²) in [5, 5.41) is 0. The van der Waals surface area contributed by atoms with Gasteiger partial charge in [0.1, 0.15) is 29.0 Å². The van der Waals surface area contributed by atoms with E-state index in [1.807, 2.05) is 30.3 Å². The van der Waals surface area contributed by atoms with Crippen molar-refractivity contribution in [2.45, 2.75) is 38.4 Å². The van der Waals surface area contributed by atoms with Crippen molar-refractivity contribution in [2.24, 2.45) is 11.3 Å². The normalized spacial score (nSPS) is 25.5. The number of benzene rings is 2. The Bertz CT molecular complexity index is 1040. The van der Waals surface area contributed by atoms with Crippen LogP contribution in [-0.4, -0.2) is 38.9 Å². The quantitative estimate of drug-likeness (QED) is 0.512. The van der Waals surface area contributed by atoms with Crippen LogP contribution in [0.1, 0.15) is 43.9 Å². The van der Waals surface area contributed by atoms with Gasteiger partial charge in [0, 0.05) is 17.9 Å². The molecule has 1 saturated carbocycles. The molecule has 0 saturated heterocycles. The van der Waals surface area contributed by atoms with Crippen molar-refractivity contribution in [2.75, 3.05) is 21.3 Å². The summed E-state index contributed by atoms with van der Waals surface area (Å²) in [6, 6.07) is 12.8. The molecule has 0 radical (unpaired) electrons. The van der Waals surface area contributed by atoms with Crippen LogP contribution in [0.4, 0.5) is 0 Å². The molecule has 2 aromatic carbocycles. The van der Waals surface area contributed by atoms with Gasteiger partial charge < -0.3 is 23.7 Å². The zero-order valence-corrected chi connectivity index (χ0v) is 19.1. The van der Waals surface area contributed by atoms with Crippen molar-refractivity contribution in [1.29, 1.82) is 0 Å². The van der Waals surface area contributed by atoms with Gasteiger partial charge >= 0.3 is 11.9 Å². The maximum absolute atomic E-state index is 13.5. The van der Waals surface area contributed by atoms with Crippen molar-refractivity contribution in [3.63, 3.8) is 0 Å². The number of rotatable bonds is 5. The number of ether oxygens (including phenoxy) is 5. The SMILES string of the molecule is COC(=O)[C@@]1(C(=O)OC(C)(C)C)[C@@H]2[C@H]1c1ccc(OC)cc1O[C@H]2c1ccc(OC)cc1. The van der Waals surface area contributed by atoms with Crippen LogP contribution in [0, 0.1) is 11.3 Å². The van der Waals surface area contributed by atoms with Crippen molar-refractivity contribution >= 4 is 11.9 Å². The van der Waals surface area contributed by atoms with E-state index in [4.69, 9.17) is 23.7 Å². The van der Waals surface area contributed by atoms with Crippen molar-refractivity contribution in [3.8, 4) is 17.2 Å². The molecule has 0 amide bonds.